The molecule has 1 saturated carbocycles. The molecular formula is C17H27N. The fourth-order valence-corrected chi connectivity index (χ4v) is 3.16. The van der Waals surface area contributed by atoms with E-state index >= 15 is 0 Å². The van der Waals surface area contributed by atoms with E-state index in [2.05, 4.69) is 43.4 Å². The van der Waals surface area contributed by atoms with Crippen molar-refractivity contribution in [1.29, 1.82) is 0 Å². The van der Waals surface area contributed by atoms with Gasteiger partial charge in [-0.2, -0.15) is 0 Å². The fraction of sp³-hybridized carbons (Fsp3) is 0.647. The minimum atomic E-state index is 0.896. The molecule has 2 rings (SSSR count). The van der Waals surface area contributed by atoms with Crippen molar-refractivity contribution in [2.45, 2.75) is 52.5 Å². The predicted octanol–water partition coefficient (Wildman–Crippen LogP) is 4.16. The summed E-state index contributed by atoms with van der Waals surface area (Å²) < 4.78 is 0. The SMILES string of the molecule is CCc1ccccc1CNCC1CCCCC1C. The van der Waals surface area contributed by atoms with E-state index < -0.39 is 0 Å². The Kier molecular flexibility index (Phi) is 5.25. The van der Waals surface area contributed by atoms with Gasteiger partial charge in [0.2, 0.25) is 0 Å². The van der Waals surface area contributed by atoms with Gasteiger partial charge in [-0.25, -0.2) is 0 Å². The van der Waals surface area contributed by atoms with Crippen molar-refractivity contribution >= 4 is 0 Å². The molecule has 0 saturated heterocycles. The average molecular weight is 245 g/mol. The lowest BCUT2D eigenvalue weighted by Crippen LogP contribution is -2.29. The lowest BCUT2D eigenvalue weighted by molar-refractivity contribution is 0.247. The molecule has 2 atom stereocenters. The Morgan fingerprint density at radius 3 is 2.56 bits per heavy atom. The number of aryl methyl sites for hydroxylation is 1. The molecule has 1 N–H and O–H groups in total. The molecule has 2 unspecified atom stereocenters. The molecule has 1 aliphatic carbocycles. The zero-order valence-corrected chi connectivity index (χ0v) is 11.9. The molecule has 1 aromatic rings. The Balaban J connectivity index is 1.80. The largest absolute Gasteiger partial charge is 0.312 e. The maximum atomic E-state index is 3.68. The topological polar surface area (TPSA) is 12.0 Å². The highest BCUT2D eigenvalue weighted by atomic mass is 14.9. The number of hydrogen-bond acceptors (Lipinski definition) is 1. The highest BCUT2D eigenvalue weighted by Gasteiger charge is 2.20. The van der Waals surface area contributed by atoms with Crippen molar-refractivity contribution in [3.8, 4) is 0 Å². The second-order valence-electron chi connectivity index (χ2n) is 5.77. The molecule has 0 spiro atoms. The van der Waals surface area contributed by atoms with Gasteiger partial charge in [-0.1, -0.05) is 57.4 Å². The van der Waals surface area contributed by atoms with E-state index in [1.807, 2.05) is 0 Å². The van der Waals surface area contributed by atoms with E-state index in [4.69, 9.17) is 0 Å². The van der Waals surface area contributed by atoms with Crippen LogP contribution in [0.5, 0.6) is 0 Å². The Labute approximate surface area is 112 Å². The standard InChI is InChI=1S/C17H27N/c1-3-15-9-6-7-11-17(15)13-18-12-16-10-5-4-8-14(16)2/h6-7,9,11,14,16,18H,3-5,8,10,12-13H2,1-2H3. The summed E-state index contributed by atoms with van der Waals surface area (Å²) in [5.74, 6) is 1.81. The summed E-state index contributed by atoms with van der Waals surface area (Å²) in [6.45, 7) is 6.89. The second kappa shape index (κ2) is 6.94. The number of nitrogens with one attached hydrogen (secondary N) is 1. The molecule has 1 fully saturated rings. The van der Waals surface area contributed by atoms with E-state index in [-0.39, 0.29) is 0 Å². The zero-order chi connectivity index (χ0) is 12.8. The van der Waals surface area contributed by atoms with Crippen molar-refractivity contribution < 1.29 is 0 Å². The molecule has 1 aromatic carbocycles. The van der Waals surface area contributed by atoms with Crippen LogP contribution in [0.15, 0.2) is 24.3 Å². The van der Waals surface area contributed by atoms with Crippen molar-refractivity contribution in [3.05, 3.63) is 35.4 Å². The van der Waals surface area contributed by atoms with Gasteiger partial charge >= 0.3 is 0 Å². The van der Waals surface area contributed by atoms with Crippen LogP contribution in [0, 0.1) is 11.8 Å². The van der Waals surface area contributed by atoms with Crippen LogP contribution in [-0.4, -0.2) is 6.54 Å². The Morgan fingerprint density at radius 2 is 1.83 bits per heavy atom. The van der Waals surface area contributed by atoms with Crippen LogP contribution < -0.4 is 5.32 Å². The van der Waals surface area contributed by atoms with Gasteiger partial charge < -0.3 is 5.32 Å². The van der Waals surface area contributed by atoms with Gasteiger partial charge in [-0.15, -0.1) is 0 Å². The third kappa shape index (κ3) is 3.58. The molecule has 0 bridgehead atoms. The van der Waals surface area contributed by atoms with Gasteiger partial charge in [0, 0.05) is 6.54 Å². The molecule has 18 heavy (non-hydrogen) atoms. The zero-order valence-electron chi connectivity index (χ0n) is 11.9. The van der Waals surface area contributed by atoms with Crippen molar-refractivity contribution in [3.63, 3.8) is 0 Å². The second-order valence-corrected chi connectivity index (χ2v) is 5.77. The molecule has 1 aliphatic rings. The lowest BCUT2D eigenvalue weighted by Gasteiger charge is -2.29. The fourth-order valence-electron chi connectivity index (χ4n) is 3.16. The summed E-state index contributed by atoms with van der Waals surface area (Å²) in [5, 5.41) is 3.68. The first-order chi connectivity index (χ1) is 8.81. The summed E-state index contributed by atoms with van der Waals surface area (Å²) in [5.41, 5.74) is 2.96. The summed E-state index contributed by atoms with van der Waals surface area (Å²) in [6.07, 6.45) is 6.86. The van der Waals surface area contributed by atoms with Gasteiger partial charge in [-0.3, -0.25) is 0 Å². The molecule has 1 heteroatoms. The Morgan fingerprint density at radius 1 is 1.11 bits per heavy atom. The van der Waals surface area contributed by atoms with Gasteiger partial charge in [0.15, 0.2) is 0 Å². The van der Waals surface area contributed by atoms with Crippen LogP contribution in [0.25, 0.3) is 0 Å². The molecule has 0 amide bonds. The smallest absolute Gasteiger partial charge is 0.0208 e. The van der Waals surface area contributed by atoms with Crippen molar-refractivity contribution in [1.82, 2.24) is 5.32 Å². The minimum absolute atomic E-state index is 0.896. The van der Waals surface area contributed by atoms with Gasteiger partial charge in [0.05, 0.1) is 0 Å². The molecular weight excluding hydrogens is 218 g/mol. The van der Waals surface area contributed by atoms with E-state index in [1.165, 1.54) is 43.4 Å². The first-order valence-corrected chi connectivity index (χ1v) is 7.58. The highest BCUT2D eigenvalue weighted by Crippen LogP contribution is 2.28. The van der Waals surface area contributed by atoms with Gasteiger partial charge in [-0.05, 0) is 42.3 Å². The first kappa shape index (κ1) is 13.6. The summed E-state index contributed by atoms with van der Waals surface area (Å²) in [7, 11) is 0. The Hall–Kier alpha value is -0.820. The van der Waals surface area contributed by atoms with E-state index in [9.17, 15) is 0 Å². The first-order valence-electron chi connectivity index (χ1n) is 7.58. The quantitative estimate of drug-likeness (QED) is 0.821. The van der Waals surface area contributed by atoms with Gasteiger partial charge in [0.1, 0.15) is 0 Å². The molecule has 0 heterocycles. The third-order valence-corrected chi connectivity index (χ3v) is 4.51. The van der Waals surface area contributed by atoms with Gasteiger partial charge in [0.25, 0.3) is 0 Å². The maximum absolute atomic E-state index is 3.68. The van der Waals surface area contributed by atoms with Crippen LogP contribution in [0.3, 0.4) is 0 Å². The molecule has 1 nitrogen and oxygen atoms in total. The van der Waals surface area contributed by atoms with Crippen molar-refractivity contribution in [2.24, 2.45) is 11.8 Å². The minimum Gasteiger partial charge on any atom is -0.312 e. The van der Waals surface area contributed by atoms with Crippen molar-refractivity contribution in [2.75, 3.05) is 6.54 Å². The molecule has 0 aliphatic heterocycles. The van der Waals surface area contributed by atoms with E-state index in [0.717, 1.165) is 24.8 Å². The molecule has 100 valence electrons. The third-order valence-electron chi connectivity index (χ3n) is 4.51. The summed E-state index contributed by atoms with van der Waals surface area (Å²) in [6, 6.07) is 8.81. The van der Waals surface area contributed by atoms with Crippen LogP contribution in [0.4, 0.5) is 0 Å². The van der Waals surface area contributed by atoms with Crippen LogP contribution in [0.2, 0.25) is 0 Å². The molecule has 0 aromatic heterocycles. The maximum Gasteiger partial charge on any atom is 0.0208 e. The monoisotopic (exact) mass is 245 g/mol. The van der Waals surface area contributed by atoms with E-state index in [0.29, 0.717) is 0 Å². The summed E-state index contributed by atoms with van der Waals surface area (Å²) >= 11 is 0. The lowest BCUT2D eigenvalue weighted by atomic mass is 9.80. The average Bonchev–Trinajstić information content (AvgIpc) is 2.41. The summed E-state index contributed by atoms with van der Waals surface area (Å²) in [4.78, 5) is 0. The highest BCUT2D eigenvalue weighted by molar-refractivity contribution is 5.26. The number of hydrogen-bond donors (Lipinski definition) is 1. The predicted molar refractivity (Wildman–Crippen MR) is 78.6 cm³/mol. The number of rotatable bonds is 5. The normalized spacial score (nSPS) is 24.1. The number of benzene rings is 1. The van der Waals surface area contributed by atoms with Crippen LogP contribution in [0.1, 0.15) is 50.7 Å². The molecule has 0 radical (unpaired) electrons. The van der Waals surface area contributed by atoms with Crippen LogP contribution >= 0.6 is 0 Å². The van der Waals surface area contributed by atoms with Crippen LogP contribution in [-0.2, 0) is 13.0 Å². The Bertz CT molecular complexity index is 358. The van der Waals surface area contributed by atoms with E-state index in [1.54, 1.807) is 0 Å².